The first-order valence-corrected chi connectivity index (χ1v) is 10.8. The van der Waals surface area contributed by atoms with Gasteiger partial charge in [-0.3, -0.25) is 9.69 Å². The molecule has 2 aromatic carbocycles. The van der Waals surface area contributed by atoms with Crippen LogP contribution in [0.5, 0.6) is 0 Å². The number of carbonyl (C=O) groups excluding carboxylic acids is 1. The maximum atomic E-state index is 14.2. The molecule has 2 heterocycles. The van der Waals surface area contributed by atoms with Crippen LogP contribution in [0.2, 0.25) is 0 Å². The van der Waals surface area contributed by atoms with Crippen LogP contribution in [0.1, 0.15) is 43.2 Å². The summed E-state index contributed by atoms with van der Waals surface area (Å²) in [5, 5.41) is 0. The molecule has 7 heteroatoms. The van der Waals surface area contributed by atoms with Gasteiger partial charge >= 0.3 is 0 Å². The Hall–Kier alpha value is -2.41. The number of likely N-dealkylation sites (tertiary alicyclic amines) is 2. The number of carbonyl (C=O) groups is 1. The lowest BCUT2D eigenvalue weighted by Crippen LogP contribution is -2.44. The van der Waals surface area contributed by atoms with Crippen molar-refractivity contribution < 1.29 is 22.4 Å². The second kappa shape index (κ2) is 8.99. The van der Waals surface area contributed by atoms with Gasteiger partial charge in [0.2, 0.25) is 5.91 Å². The first-order valence-electron chi connectivity index (χ1n) is 10.8. The molecule has 2 aromatic rings. The molecule has 0 unspecified atom stereocenters. The minimum Gasteiger partial charge on any atom is -0.342 e. The molecule has 4 rings (SSSR count). The highest BCUT2D eigenvalue weighted by Gasteiger charge is 2.42. The molecule has 0 aromatic heterocycles. The van der Waals surface area contributed by atoms with Crippen LogP contribution in [0.15, 0.2) is 36.4 Å². The minimum absolute atomic E-state index is 0.0418. The van der Waals surface area contributed by atoms with Crippen LogP contribution >= 0.6 is 0 Å². The molecule has 2 aliphatic rings. The summed E-state index contributed by atoms with van der Waals surface area (Å²) >= 11 is 0. The number of benzene rings is 2. The van der Waals surface area contributed by atoms with E-state index >= 15 is 0 Å². The molecule has 3 nitrogen and oxygen atoms in total. The van der Waals surface area contributed by atoms with Crippen LogP contribution in [0.25, 0.3) is 0 Å². The zero-order valence-corrected chi connectivity index (χ0v) is 17.3. The third-order valence-electron chi connectivity index (χ3n) is 6.66. The molecular formula is C24H26F4N2O. The van der Waals surface area contributed by atoms with Gasteiger partial charge < -0.3 is 4.90 Å². The van der Waals surface area contributed by atoms with Gasteiger partial charge in [0, 0.05) is 36.8 Å². The van der Waals surface area contributed by atoms with Crippen molar-refractivity contribution in [2.24, 2.45) is 0 Å². The predicted molar refractivity (Wildman–Crippen MR) is 109 cm³/mol. The van der Waals surface area contributed by atoms with Crippen LogP contribution in [-0.4, -0.2) is 40.9 Å². The minimum atomic E-state index is -0.691. The third kappa shape index (κ3) is 4.92. The van der Waals surface area contributed by atoms with Gasteiger partial charge in [-0.1, -0.05) is 0 Å². The van der Waals surface area contributed by atoms with Crippen molar-refractivity contribution in [1.82, 2.24) is 9.80 Å². The zero-order valence-electron chi connectivity index (χ0n) is 17.3. The summed E-state index contributed by atoms with van der Waals surface area (Å²) in [6.45, 7) is 2.28. The van der Waals surface area contributed by atoms with Gasteiger partial charge in [-0.05, 0) is 74.5 Å². The first kappa shape index (κ1) is 21.8. The summed E-state index contributed by atoms with van der Waals surface area (Å²) in [5.41, 5.74) is 0.538. The number of rotatable bonds is 4. The van der Waals surface area contributed by atoms with Gasteiger partial charge in [0.1, 0.15) is 23.3 Å². The van der Waals surface area contributed by atoms with E-state index in [1.165, 1.54) is 18.2 Å². The lowest BCUT2D eigenvalue weighted by Gasteiger charge is -2.38. The summed E-state index contributed by atoms with van der Waals surface area (Å²) < 4.78 is 54.7. The van der Waals surface area contributed by atoms with E-state index in [4.69, 9.17) is 0 Å². The average Bonchev–Trinajstić information content (AvgIpc) is 2.94. The van der Waals surface area contributed by atoms with E-state index in [0.717, 1.165) is 56.8 Å². The van der Waals surface area contributed by atoms with E-state index in [1.807, 2.05) is 0 Å². The number of hydrogen-bond donors (Lipinski definition) is 0. The summed E-state index contributed by atoms with van der Waals surface area (Å²) in [4.78, 5) is 16.8. The smallest absolute Gasteiger partial charge is 0.226 e. The molecule has 0 radical (unpaired) electrons. The highest BCUT2D eigenvalue weighted by atomic mass is 19.1. The molecule has 1 spiro atoms. The maximum Gasteiger partial charge on any atom is 0.226 e. The Balaban J connectivity index is 1.43. The van der Waals surface area contributed by atoms with E-state index in [2.05, 4.69) is 4.90 Å². The lowest BCUT2D eigenvalue weighted by molar-refractivity contribution is -0.130. The molecule has 166 valence electrons. The van der Waals surface area contributed by atoms with Crippen molar-refractivity contribution in [2.75, 3.05) is 19.6 Å². The van der Waals surface area contributed by atoms with E-state index in [1.54, 1.807) is 4.90 Å². The molecule has 2 aliphatic heterocycles. The van der Waals surface area contributed by atoms with Gasteiger partial charge in [-0.2, -0.15) is 0 Å². The molecule has 2 fully saturated rings. The van der Waals surface area contributed by atoms with Gasteiger partial charge in [-0.15, -0.1) is 0 Å². The highest BCUT2D eigenvalue weighted by Crippen LogP contribution is 2.39. The van der Waals surface area contributed by atoms with Crippen LogP contribution in [-0.2, 0) is 17.8 Å². The number of amides is 1. The van der Waals surface area contributed by atoms with Crippen molar-refractivity contribution in [3.8, 4) is 0 Å². The Kier molecular flexibility index (Phi) is 6.32. The molecule has 2 saturated heterocycles. The summed E-state index contributed by atoms with van der Waals surface area (Å²) in [7, 11) is 0. The van der Waals surface area contributed by atoms with Gasteiger partial charge in [0.25, 0.3) is 0 Å². The monoisotopic (exact) mass is 434 g/mol. The van der Waals surface area contributed by atoms with E-state index in [0.29, 0.717) is 30.8 Å². The molecule has 31 heavy (non-hydrogen) atoms. The number of halogens is 4. The molecule has 1 amide bonds. The van der Waals surface area contributed by atoms with E-state index in [9.17, 15) is 22.4 Å². The zero-order chi connectivity index (χ0) is 22.0. The number of hydrogen-bond acceptors (Lipinski definition) is 2. The average molecular weight is 434 g/mol. The summed E-state index contributed by atoms with van der Waals surface area (Å²) in [6.07, 6.45) is 4.31. The number of nitrogens with zero attached hydrogens (tertiary/aromatic N) is 2. The Morgan fingerprint density at radius 1 is 0.839 bits per heavy atom. The van der Waals surface area contributed by atoms with Crippen LogP contribution in [0, 0.1) is 23.3 Å². The summed E-state index contributed by atoms with van der Waals surface area (Å²) in [6, 6.07) is 6.71. The topological polar surface area (TPSA) is 23.6 Å². The van der Waals surface area contributed by atoms with Crippen molar-refractivity contribution in [2.45, 2.75) is 50.6 Å². The second-order valence-corrected chi connectivity index (χ2v) is 8.67. The molecule has 0 aliphatic carbocycles. The molecule has 0 saturated carbocycles. The molecule has 0 bridgehead atoms. The SMILES string of the molecule is O=C(Cc1cc(F)cc(F)c1)N1CCC[C@]2(CCCN2Cc2cc(F)ccc2F)CC1. The second-order valence-electron chi connectivity index (χ2n) is 8.67. The quantitative estimate of drug-likeness (QED) is 0.644. The van der Waals surface area contributed by atoms with Crippen molar-refractivity contribution in [3.05, 3.63) is 70.8 Å². The van der Waals surface area contributed by atoms with Gasteiger partial charge in [0.15, 0.2) is 0 Å². The largest absolute Gasteiger partial charge is 0.342 e. The Bertz CT molecular complexity index is 946. The maximum absolute atomic E-state index is 14.2. The molecular weight excluding hydrogens is 408 g/mol. The highest BCUT2D eigenvalue weighted by molar-refractivity contribution is 5.78. The van der Waals surface area contributed by atoms with E-state index in [-0.39, 0.29) is 17.9 Å². The van der Waals surface area contributed by atoms with Gasteiger partial charge in [-0.25, -0.2) is 17.6 Å². The fraction of sp³-hybridized carbons (Fsp3) is 0.458. The van der Waals surface area contributed by atoms with Crippen molar-refractivity contribution in [3.63, 3.8) is 0 Å². The van der Waals surface area contributed by atoms with Crippen molar-refractivity contribution in [1.29, 1.82) is 0 Å². The lowest BCUT2D eigenvalue weighted by atomic mass is 9.87. The Labute approximate surface area is 179 Å². The first-order chi connectivity index (χ1) is 14.8. The van der Waals surface area contributed by atoms with Crippen LogP contribution in [0.4, 0.5) is 17.6 Å². The fourth-order valence-electron chi connectivity index (χ4n) is 5.11. The fourth-order valence-corrected chi connectivity index (χ4v) is 5.11. The van der Waals surface area contributed by atoms with Crippen LogP contribution in [0.3, 0.4) is 0 Å². The normalized spacial score (nSPS) is 22.1. The Morgan fingerprint density at radius 3 is 2.29 bits per heavy atom. The third-order valence-corrected chi connectivity index (χ3v) is 6.66. The molecule has 1 atom stereocenters. The molecule has 0 N–H and O–H groups in total. The standard InChI is InChI=1S/C24H26F4N2O/c25-19-3-4-22(28)18(14-19)16-30-9-2-6-24(30)5-1-8-29(10-7-24)23(31)13-17-11-20(26)15-21(27)12-17/h3-4,11-12,14-15H,1-2,5-10,13,16H2/t24-/m0/s1. The van der Waals surface area contributed by atoms with Crippen molar-refractivity contribution >= 4 is 5.91 Å². The summed E-state index contributed by atoms with van der Waals surface area (Å²) in [5.74, 6) is -2.39. The van der Waals surface area contributed by atoms with Gasteiger partial charge in [0.05, 0.1) is 6.42 Å². The Morgan fingerprint density at radius 2 is 1.55 bits per heavy atom. The van der Waals surface area contributed by atoms with Crippen LogP contribution < -0.4 is 0 Å². The van der Waals surface area contributed by atoms with E-state index < -0.39 is 23.3 Å². The predicted octanol–water partition coefficient (Wildman–Crippen LogP) is 4.83.